The van der Waals surface area contributed by atoms with Gasteiger partial charge in [-0.15, -0.1) is 0 Å². The van der Waals surface area contributed by atoms with Crippen molar-refractivity contribution in [2.75, 3.05) is 61.2 Å². The first-order valence-corrected chi connectivity index (χ1v) is 16.9. The van der Waals surface area contributed by atoms with E-state index >= 15 is 0 Å². The second-order valence-corrected chi connectivity index (χ2v) is 12.2. The van der Waals surface area contributed by atoms with E-state index < -0.39 is 11.6 Å². The van der Waals surface area contributed by atoms with Crippen molar-refractivity contribution in [2.45, 2.75) is 171 Å². The summed E-state index contributed by atoms with van der Waals surface area (Å²) in [5.74, 6) is -1.71. The molecule has 0 aliphatic rings. The van der Waals surface area contributed by atoms with E-state index in [-0.39, 0.29) is 58.4 Å². The van der Waals surface area contributed by atoms with Crippen molar-refractivity contribution in [2.24, 2.45) is 0 Å². The van der Waals surface area contributed by atoms with Gasteiger partial charge in [-0.3, -0.25) is 4.79 Å². The van der Waals surface area contributed by atoms with Gasteiger partial charge in [-0.05, 0) is 53.6 Å². The van der Waals surface area contributed by atoms with Crippen molar-refractivity contribution in [1.82, 2.24) is 9.80 Å². The summed E-state index contributed by atoms with van der Waals surface area (Å²) in [6.07, 6.45) is 18.9. The van der Waals surface area contributed by atoms with Gasteiger partial charge in [-0.2, -0.15) is 0 Å². The summed E-state index contributed by atoms with van der Waals surface area (Å²) in [6, 6.07) is 0. The fourth-order valence-corrected chi connectivity index (χ4v) is 4.50. The maximum Gasteiger partial charge on any atom is 1.00 e. The third-order valence-corrected chi connectivity index (χ3v) is 6.96. The number of carbonyl (C=O) groups is 1. The maximum absolute atomic E-state index is 12.3. The van der Waals surface area contributed by atoms with Crippen molar-refractivity contribution in [3.8, 4) is 0 Å². The number of nitrogens with zero attached hydrogens (tertiary/aromatic N) is 2. The van der Waals surface area contributed by atoms with E-state index in [2.05, 4.69) is 53.6 Å². The fourth-order valence-electron chi connectivity index (χ4n) is 4.50. The van der Waals surface area contributed by atoms with Crippen molar-refractivity contribution in [3.05, 3.63) is 0 Å². The second-order valence-electron chi connectivity index (χ2n) is 12.2. The normalized spacial score (nSPS) is 10.9. The van der Waals surface area contributed by atoms with Gasteiger partial charge in [0.05, 0.1) is 33.0 Å². The zero-order valence-electron chi connectivity index (χ0n) is 31.3. The van der Waals surface area contributed by atoms with Gasteiger partial charge < -0.3 is 30.2 Å². The largest absolute Gasteiger partial charge is 1.00 e. The number of unbranched alkanes of at least 4 members (excludes halogenated alkanes) is 12. The van der Waals surface area contributed by atoms with Gasteiger partial charge in [-0.1, -0.05) is 120 Å². The Hall–Kier alpha value is 0.400. The zero-order chi connectivity index (χ0) is 31.4. The van der Waals surface area contributed by atoms with Crippen LogP contribution >= 0.6 is 0 Å². The van der Waals surface area contributed by atoms with Crippen molar-refractivity contribution < 1.29 is 44.0 Å². The molecule has 0 fully saturated rings. The summed E-state index contributed by atoms with van der Waals surface area (Å²) in [5.41, 5.74) is 0. The molecule has 0 aliphatic heterocycles. The molecule has 0 aromatic rings. The van der Waals surface area contributed by atoms with E-state index in [4.69, 9.17) is 18.9 Å². The standard InChI is InChI=1S/C17H35NO3.C17H37NO2.2CH4.Al.Li.4H/c1-6-8-10-12-14-20-17(3,16(19)18(4)5)21-15-13-11-9-7-2;1-6-8-10-12-14-19-17(3,16-18(4)5)20-15-13-11-9-7-2;;;;;;;;/h6-15H2,1-5H3;6-16H2,1-5H3;2*1H4;;;;;;/q;;;;;+1;;;;-1. The monoisotopic (exact) mass is 659 g/mol. The summed E-state index contributed by atoms with van der Waals surface area (Å²) >= 11 is 0. The van der Waals surface area contributed by atoms with E-state index in [1.54, 1.807) is 21.0 Å². The van der Waals surface area contributed by atoms with Gasteiger partial charge in [-0.25, -0.2) is 0 Å². The van der Waals surface area contributed by atoms with Crippen LogP contribution in [-0.4, -0.2) is 106 Å². The van der Waals surface area contributed by atoms with E-state index in [1.807, 2.05) is 0 Å². The molecule has 0 aliphatic carbocycles. The number of rotatable bonds is 27. The molecule has 0 heterocycles. The maximum atomic E-state index is 12.3. The Morgan fingerprint density at radius 3 is 1.09 bits per heavy atom. The number of carbonyl (C=O) groups excluding carboxylic acids is 1. The Labute approximate surface area is 307 Å². The third kappa shape index (κ3) is 35.5. The minimum absolute atomic E-state index is 0. The Morgan fingerprint density at radius 1 is 0.556 bits per heavy atom. The average Bonchev–Trinajstić information content (AvgIpc) is 2.92. The van der Waals surface area contributed by atoms with E-state index in [9.17, 15) is 4.79 Å². The Morgan fingerprint density at radius 2 is 0.844 bits per heavy atom. The topological polar surface area (TPSA) is 60.5 Å². The van der Waals surface area contributed by atoms with Gasteiger partial charge in [0.2, 0.25) is 5.79 Å². The number of amides is 1. The van der Waals surface area contributed by atoms with Crippen LogP contribution in [0.2, 0.25) is 0 Å². The number of likely N-dealkylation sites (N-methyl/N-ethyl adjacent to an activating group) is 2. The second kappa shape index (κ2) is 38.8. The summed E-state index contributed by atoms with van der Waals surface area (Å²) in [7, 11) is 7.61. The van der Waals surface area contributed by atoms with E-state index in [0.29, 0.717) is 13.2 Å². The molecule has 7 nitrogen and oxygen atoms in total. The molecule has 1 amide bonds. The fraction of sp³-hybridized carbons (Fsp3) is 0.972. The predicted octanol–water partition coefficient (Wildman–Crippen LogP) is 5.65. The SMILES string of the molecule is C.C.CCCCCCOC(C)(CN(C)C)OCCCCCC.CCCCCCOC(C)(OCCCCCC)C(=O)N(C)C.[AlH3].[H-].[Li+]. The molecular weight excluding hydrogens is 574 g/mol. The Balaban J connectivity index is -0.000000119. The summed E-state index contributed by atoms with van der Waals surface area (Å²) in [4.78, 5) is 16.0. The molecule has 9 heteroatoms. The zero-order valence-corrected chi connectivity index (χ0v) is 30.3. The summed E-state index contributed by atoms with van der Waals surface area (Å²) in [6.45, 7) is 16.2. The summed E-state index contributed by atoms with van der Waals surface area (Å²) in [5, 5.41) is 0. The minimum atomic E-state index is -1.14. The van der Waals surface area contributed by atoms with Gasteiger partial charge >= 0.3 is 18.9 Å². The van der Waals surface area contributed by atoms with Crippen LogP contribution in [0.25, 0.3) is 0 Å². The molecule has 45 heavy (non-hydrogen) atoms. The first kappa shape index (κ1) is 57.7. The average molecular weight is 659 g/mol. The predicted molar refractivity (Wildman–Crippen MR) is 199 cm³/mol. The molecule has 0 spiro atoms. The number of hydrogen-bond donors (Lipinski definition) is 0. The van der Waals surface area contributed by atoms with Crippen LogP contribution in [0.15, 0.2) is 0 Å². The van der Waals surface area contributed by atoms with E-state index in [1.165, 1.54) is 69.1 Å². The molecule has 0 aromatic heterocycles. The molecule has 0 radical (unpaired) electrons. The molecule has 0 saturated carbocycles. The quantitative estimate of drug-likeness (QED) is 0.0647. The molecule has 0 N–H and O–H groups in total. The minimum Gasteiger partial charge on any atom is -1.00 e. The molecule has 272 valence electrons. The van der Waals surface area contributed by atoms with Crippen molar-refractivity contribution >= 4 is 23.3 Å². The smallest absolute Gasteiger partial charge is 1.00 e. The van der Waals surface area contributed by atoms with Gasteiger partial charge in [0.15, 0.2) is 23.1 Å². The molecule has 0 unspecified atom stereocenters. The van der Waals surface area contributed by atoms with Gasteiger partial charge in [0, 0.05) is 14.1 Å². The number of hydrogen-bond acceptors (Lipinski definition) is 6. The molecule has 0 atom stereocenters. The molecule has 0 bridgehead atoms. The van der Waals surface area contributed by atoms with Gasteiger partial charge in [0.1, 0.15) is 0 Å². The van der Waals surface area contributed by atoms with Crippen molar-refractivity contribution in [3.63, 3.8) is 0 Å². The molecule has 0 rings (SSSR count). The Kier molecular flexibility index (Phi) is 49.8. The molecule has 0 saturated heterocycles. The first-order valence-electron chi connectivity index (χ1n) is 16.9. The molecule has 0 aromatic carbocycles. The van der Waals surface area contributed by atoms with Crippen molar-refractivity contribution in [1.29, 1.82) is 0 Å². The van der Waals surface area contributed by atoms with Crippen LogP contribution in [0.5, 0.6) is 0 Å². The molecular formula is C36H84AlLiN2O5. The first-order chi connectivity index (χ1) is 19.5. The number of ether oxygens (including phenoxy) is 4. The van der Waals surface area contributed by atoms with Crippen LogP contribution in [-0.2, 0) is 23.7 Å². The van der Waals surface area contributed by atoms with E-state index in [0.717, 1.165) is 58.3 Å². The Bertz CT molecular complexity index is 565. The van der Waals surface area contributed by atoms with Crippen LogP contribution in [0.1, 0.15) is 161 Å². The van der Waals surface area contributed by atoms with Crippen LogP contribution in [0, 0.1) is 0 Å². The van der Waals surface area contributed by atoms with Gasteiger partial charge in [0.25, 0.3) is 5.91 Å². The van der Waals surface area contributed by atoms with Crippen LogP contribution in [0.3, 0.4) is 0 Å². The summed E-state index contributed by atoms with van der Waals surface area (Å²) < 4.78 is 23.6. The van der Waals surface area contributed by atoms with Crippen LogP contribution < -0.4 is 18.9 Å². The third-order valence-electron chi connectivity index (χ3n) is 6.96. The van der Waals surface area contributed by atoms with Crippen LogP contribution in [0.4, 0.5) is 0 Å².